The second kappa shape index (κ2) is 43.0. The molecule has 62 heavy (non-hydrogen) atoms. The fourth-order valence-corrected chi connectivity index (χ4v) is 9.06. The van der Waals surface area contributed by atoms with Gasteiger partial charge < -0.3 is 25.1 Å². The minimum atomic E-state index is -0.100. The molecule has 0 aliphatic heterocycles. The van der Waals surface area contributed by atoms with Crippen molar-refractivity contribution in [1.82, 2.24) is 15.6 Å². The highest BCUT2D eigenvalue weighted by Gasteiger charge is 2.17. The Hall–Kier alpha value is -1.89. The van der Waals surface area contributed by atoms with Gasteiger partial charge in [-0.15, -0.1) is 0 Å². The molecule has 0 fully saturated rings. The summed E-state index contributed by atoms with van der Waals surface area (Å²) in [6.07, 6.45) is 50.7. The van der Waals surface area contributed by atoms with Crippen molar-refractivity contribution >= 4 is 16.8 Å². The van der Waals surface area contributed by atoms with Gasteiger partial charge in [-0.3, -0.25) is 4.79 Å². The largest absolute Gasteiger partial charge is 0.379 e. The van der Waals surface area contributed by atoms with E-state index in [4.69, 9.17) is 9.47 Å². The van der Waals surface area contributed by atoms with Crippen LogP contribution in [0.1, 0.15) is 270 Å². The number of amides is 1. The third-order valence-corrected chi connectivity index (χ3v) is 13.2. The average molecular weight is 866 g/mol. The number of aromatic nitrogens is 1. The lowest BCUT2D eigenvalue weighted by molar-refractivity contribution is -0.122. The van der Waals surface area contributed by atoms with Crippen molar-refractivity contribution < 1.29 is 14.3 Å². The molecule has 1 heterocycles. The summed E-state index contributed by atoms with van der Waals surface area (Å²) in [5.74, 6) is 0.0878. The molecule has 2 unspecified atom stereocenters. The van der Waals surface area contributed by atoms with Crippen LogP contribution < -0.4 is 10.6 Å². The topological polar surface area (TPSA) is 75.4 Å². The fraction of sp³-hybridized carbons (Fsp3) is 0.839. The molecule has 0 aliphatic carbocycles. The highest BCUT2D eigenvalue weighted by atomic mass is 16.5. The Balaban J connectivity index is 1.72. The van der Waals surface area contributed by atoms with E-state index < -0.39 is 0 Å². The van der Waals surface area contributed by atoms with Gasteiger partial charge in [0.25, 0.3) is 0 Å². The quantitative estimate of drug-likeness (QED) is 0.0579. The van der Waals surface area contributed by atoms with Crippen molar-refractivity contribution in [2.45, 2.75) is 270 Å². The Labute approximate surface area is 384 Å². The van der Waals surface area contributed by atoms with Crippen LogP contribution in [0.2, 0.25) is 0 Å². The molecule has 0 radical (unpaired) electrons. The van der Waals surface area contributed by atoms with E-state index in [1.165, 1.54) is 228 Å². The Morgan fingerprint density at radius 2 is 0.984 bits per heavy atom. The summed E-state index contributed by atoms with van der Waals surface area (Å²) < 4.78 is 12.6. The van der Waals surface area contributed by atoms with E-state index in [0.29, 0.717) is 26.1 Å². The van der Waals surface area contributed by atoms with Gasteiger partial charge in [-0.05, 0) is 30.9 Å². The summed E-state index contributed by atoms with van der Waals surface area (Å²) in [7, 11) is 0. The second-order valence-corrected chi connectivity index (χ2v) is 19.0. The van der Waals surface area contributed by atoms with Gasteiger partial charge in [-0.1, -0.05) is 251 Å². The maximum absolute atomic E-state index is 13.2. The standard InChI is InChI=1S/C56H103N3O3/c1-4-7-10-13-16-19-22-25-28-31-34-39-46-61-50-51(62-47-40-35-32-29-26-23-20-17-14-11-8-5-2)48-59-56(60)44-45-57-55(53-49-58-54-43-38-37-41-52(53)54)42-36-33-30-27-24-21-18-15-12-9-6-3/h37-38,41,43,49,51,55,57-58H,4-36,39-40,42,44-48,50H2,1-3H3,(H,59,60). The zero-order valence-corrected chi connectivity index (χ0v) is 41.5. The molecule has 0 aliphatic rings. The molecular weight excluding hydrogens is 763 g/mol. The summed E-state index contributed by atoms with van der Waals surface area (Å²) >= 11 is 0. The van der Waals surface area contributed by atoms with Gasteiger partial charge in [0.1, 0.15) is 0 Å². The van der Waals surface area contributed by atoms with Crippen molar-refractivity contribution in [2.75, 3.05) is 32.9 Å². The molecule has 6 nitrogen and oxygen atoms in total. The molecule has 3 N–H and O–H groups in total. The highest BCUT2D eigenvalue weighted by Crippen LogP contribution is 2.28. The maximum atomic E-state index is 13.2. The second-order valence-electron chi connectivity index (χ2n) is 19.0. The zero-order valence-electron chi connectivity index (χ0n) is 41.5. The van der Waals surface area contributed by atoms with Crippen molar-refractivity contribution in [2.24, 2.45) is 0 Å². The first-order chi connectivity index (χ1) is 30.7. The van der Waals surface area contributed by atoms with Gasteiger partial charge >= 0.3 is 0 Å². The number of H-pyrrole nitrogens is 1. The summed E-state index contributed by atoms with van der Waals surface area (Å²) in [6, 6.07) is 8.84. The molecule has 2 aromatic rings. The van der Waals surface area contributed by atoms with Crippen LogP contribution in [0.25, 0.3) is 10.9 Å². The van der Waals surface area contributed by atoms with Crippen molar-refractivity contribution in [1.29, 1.82) is 0 Å². The normalized spacial score (nSPS) is 12.7. The third-order valence-electron chi connectivity index (χ3n) is 13.2. The van der Waals surface area contributed by atoms with Crippen LogP contribution in [0, 0.1) is 0 Å². The SMILES string of the molecule is CCCCCCCCCCCCCCOCC(CNC(=O)CCNC(CCCCCCCCCCCCC)c1c[nH]c2ccccc12)OCCCCCCCCCCCCCC. The van der Waals surface area contributed by atoms with E-state index in [0.717, 1.165) is 32.5 Å². The first-order valence-corrected chi connectivity index (χ1v) is 27.4. The number of hydrogen-bond acceptors (Lipinski definition) is 4. The molecule has 0 saturated heterocycles. The number of fused-ring (bicyclic) bond motifs is 1. The van der Waals surface area contributed by atoms with Crippen LogP contribution in [-0.4, -0.2) is 49.9 Å². The third kappa shape index (κ3) is 31.9. The maximum Gasteiger partial charge on any atom is 0.221 e. The molecule has 0 spiro atoms. The molecular formula is C56H103N3O3. The summed E-state index contributed by atoms with van der Waals surface area (Å²) in [5, 5.41) is 8.30. The van der Waals surface area contributed by atoms with E-state index in [9.17, 15) is 4.79 Å². The predicted molar refractivity (Wildman–Crippen MR) is 270 cm³/mol. The molecule has 0 saturated carbocycles. The van der Waals surface area contributed by atoms with Crippen LogP contribution in [0.4, 0.5) is 0 Å². The Bertz CT molecular complexity index is 1230. The minimum Gasteiger partial charge on any atom is -0.379 e. The smallest absolute Gasteiger partial charge is 0.221 e. The number of carbonyl (C=O) groups excluding carboxylic acids is 1. The van der Waals surface area contributed by atoms with E-state index in [2.05, 4.69) is 66.9 Å². The number of hydrogen-bond donors (Lipinski definition) is 3. The van der Waals surface area contributed by atoms with Crippen LogP contribution in [0.15, 0.2) is 30.5 Å². The van der Waals surface area contributed by atoms with Gasteiger partial charge in [-0.2, -0.15) is 0 Å². The number of rotatable bonds is 48. The zero-order chi connectivity index (χ0) is 44.2. The summed E-state index contributed by atoms with van der Waals surface area (Å²) in [6.45, 7) is 10.1. The van der Waals surface area contributed by atoms with Gasteiger partial charge in [-0.25, -0.2) is 0 Å². The van der Waals surface area contributed by atoms with E-state index in [1.54, 1.807) is 0 Å². The molecule has 0 bridgehead atoms. The number of ether oxygens (including phenoxy) is 2. The number of carbonyl (C=O) groups is 1. The van der Waals surface area contributed by atoms with Crippen molar-refractivity contribution in [3.05, 3.63) is 36.0 Å². The predicted octanol–water partition coefficient (Wildman–Crippen LogP) is 16.8. The monoisotopic (exact) mass is 866 g/mol. The molecule has 1 aromatic heterocycles. The van der Waals surface area contributed by atoms with Gasteiger partial charge in [0.15, 0.2) is 0 Å². The fourth-order valence-electron chi connectivity index (χ4n) is 9.06. The highest BCUT2D eigenvalue weighted by molar-refractivity contribution is 5.83. The summed E-state index contributed by atoms with van der Waals surface area (Å²) in [4.78, 5) is 16.7. The Morgan fingerprint density at radius 1 is 0.548 bits per heavy atom. The number of benzene rings is 1. The van der Waals surface area contributed by atoms with Crippen LogP contribution in [0.3, 0.4) is 0 Å². The Morgan fingerprint density at radius 3 is 1.48 bits per heavy atom. The lowest BCUT2D eigenvalue weighted by atomic mass is 9.98. The van der Waals surface area contributed by atoms with Crippen LogP contribution >= 0.6 is 0 Å². The number of para-hydroxylation sites is 1. The first-order valence-electron chi connectivity index (χ1n) is 27.4. The van der Waals surface area contributed by atoms with Crippen LogP contribution in [0.5, 0.6) is 0 Å². The average Bonchev–Trinajstić information content (AvgIpc) is 3.72. The van der Waals surface area contributed by atoms with E-state index in [1.807, 2.05) is 0 Å². The lowest BCUT2D eigenvalue weighted by Crippen LogP contribution is -2.38. The molecule has 6 heteroatoms. The van der Waals surface area contributed by atoms with E-state index in [-0.39, 0.29) is 18.1 Å². The van der Waals surface area contributed by atoms with Gasteiger partial charge in [0.05, 0.1) is 12.7 Å². The Kier molecular flexibility index (Phi) is 39.0. The minimum absolute atomic E-state index is 0.0878. The molecule has 1 amide bonds. The van der Waals surface area contributed by atoms with Crippen molar-refractivity contribution in [3.8, 4) is 0 Å². The molecule has 2 atom stereocenters. The van der Waals surface area contributed by atoms with Crippen molar-refractivity contribution in [3.63, 3.8) is 0 Å². The van der Waals surface area contributed by atoms with Crippen LogP contribution in [-0.2, 0) is 14.3 Å². The summed E-state index contributed by atoms with van der Waals surface area (Å²) in [5.41, 5.74) is 2.51. The lowest BCUT2D eigenvalue weighted by Gasteiger charge is -2.20. The van der Waals surface area contributed by atoms with Gasteiger partial charge in [0.2, 0.25) is 5.91 Å². The van der Waals surface area contributed by atoms with Gasteiger partial charge in [0, 0.05) is 55.9 Å². The first kappa shape index (κ1) is 56.2. The number of unbranched alkanes of at least 4 members (excludes halogenated alkanes) is 32. The molecule has 2 rings (SSSR count). The van der Waals surface area contributed by atoms with E-state index >= 15 is 0 Å². The molecule has 360 valence electrons. The number of aromatic amines is 1. The number of nitrogens with one attached hydrogen (secondary N) is 3. The molecule has 1 aromatic carbocycles.